The summed E-state index contributed by atoms with van der Waals surface area (Å²) in [7, 11) is 0. The highest BCUT2D eigenvalue weighted by Crippen LogP contribution is 2.43. The largest absolute Gasteiger partial charge is 0.325 e. The Morgan fingerprint density at radius 1 is 1.31 bits per heavy atom. The molecule has 2 rings (SSSR count). The molecule has 1 N–H and O–H groups in total. The van der Waals surface area contributed by atoms with Gasteiger partial charge in [-0.05, 0) is 36.6 Å². The summed E-state index contributed by atoms with van der Waals surface area (Å²) in [6.07, 6.45) is 1.69. The molecule has 0 aromatic heterocycles. The van der Waals surface area contributed by atoms with Crippen LogP contribution in [0.1, 0.15) is 32.3 Å². The minimum Gasteiger partial charge on any atom is -0.325 e. The average Bonchev–Trinajstić information content (AvgIpc) is 2.50. The van der Waals surface area contributed by atoms with E-state index in [0.29, 0.717) is 0 Å². The predicted molar refractivity (Wildman–Crippen MR) is 75.4 cm³/mol. The maximum atomic E-state index is 12.0. The highest BCUT2D eigenvalue weighted by Gasteiger charge is 2.43. The van der Waals surface area contributed by atoms with Crippen LogP contribution in [-0.4, -0.2) is 5.91 Å². The second kappa shape index (κ2) is 4.88. The van der Waals surface area contributed by atoms with Crippen LogP contribution < -0.4 is 5.32 Å². The summed E-state index contributed by atoms with van der Waals surface area (Å²) in [5.41, 5.74) is 1.78. The van der Waals surface area contributed by atoms with Gasteiger partial charge in [-0.25, -0.2) is 0 Å². The van der Waals surface area contributed by atoms with E-state index in [0.717, 1.165) is 28.6 Å². The van der Waals surface area contributed by atoms with Gasteiger partial charge in [0.25, 0.3) is 0 Å². The van der Waals surface area contributed by atoms with Gasteiger partial charge in [0.2, 0.25) is 5.91 Å². The fourth-order valence-corrected chi connectivity index (χ4v) is 2.70. The summed E-state index contributed by atoms with van der Waals surface area (Å²) >= 11 is 3.46. The molecule has 1 aliphatic rings. The third-order valence-electron chi connectivity index (χ3n) is 3.39. The quantitative estimate of drug-likeness (QED) is 0.858. The van der Waals surface area contributed by atoms with E-state index in [2.05, 4.69) is 41.2 Å². The van der Waals surface area contributed by atoms with Crippen LogP contribution in [0.3, 0.4) is 0 Å². The highest BCUT2D eigenvalue weighted by atomic mass is 79.9. The molecule has 0 fully saturated rings. The first kappa shape index (κ1) is 13.7. The van der Waals surface area contributed by atoms with E-state index in [-0.39, 0.29) is 28.3 Å². The Morgan fingerprint density at radius 3 is 2.50 bits per heavy atom. The number of anilines is 1. The maximum absolute atomic E-state index is 12.0. The third kappa shape index (κ3) is 1.82. The standard InChI is InChI=1S/C12H14BrNO.BrH/c1-3-12(4-2)9-7-8(13)5-6-10(9)14-11(12)15;/h5-7H,3-4H2,1-2H3,(H,14,15);1H. The molecule has 1 aromatic rings. The molecule has 2 nitrogen and oxygen atoms in total. The summed E-state index contributed by atoms with van der Waals surface area (Å²) in [4.78, 5) is 12.0. The van der Waals surface area contributed by atoms with Crippen LogP contribution in [0.15, 0.2) is 22.7 Å². The number of amides is 1. The van der Waals surface area contributed by atoms with Gasteiger partial charge in [0.15, 0.2) is 0 Å². The second-order valence-electron chi connectivity index (χ2n) is 3.93. The Hall–Kier alpha value is -0.350. The van der Waals surface area contributed by atoms with E-state index >= 15 is 0 Å². The summed E-state index contributed by atoms with van der Waals surface area (Å²) in [6.45, 7) is 4.14. The number of benzene rings is 1. The van der Waals surface area contributed by atoms with Gasteiger partial charge < -0.3 is 5.32 Å². The molecule has 4 heteroatoms. The van der Waals surface area contributed by atoms with Crippen molar-refractivity contribution in [3.63, 3.8) is 0 Å². The number of rotatable bonds is 2. The highest BCUT2D eigenvalue weighted by molar-refractivity contribution is 9.10. The van der Waals surface area contributed by atoms with Crippen LogP contribution in [0.5, 0.6) is 0 Å². The first-order valence-electron chi connectivity index (χ1n) is 5.25. The number of hydrogen-bond acceptors (Lipinski definition) is 1. The van der Waals surface area contributed by atoms with Crippen LogP contribution in [0.25, 0.3) is 0 Å². The molecule has 0 radical (unpaired) electrons. The minimum absolute atomic E-state index is 0. The molecule has 1 heterocycles. The molecule has 1 amide bonds. The summed E-state index contributed by atoms with van der Waals surface area (Å²) in [6, 6.07) is 5.98. The van der Waals surface area contributed by atoms with Crippen LogP contribution in [-0.2, 0) is 10.2 Å². The molecule has 0 bridgehead atoms. The first-order valence-corrected chi connectivity index (χ1v) is 6.05. The van der Waals surface area contributed by atoms with Gasteiger partial charge in [0.05, 0.1) is 5.41 Å². The van der Waals surface area contributed by atoms with Gasteiger partial charge in [-0.2, -0.15) is 0 Å². The maximum Gasteiger partial charge on any atom is 0.235 e. The van der Waals surface area contributed by atoms with Crippen molar-refractivity contribution in [1.29, 1.82) is 0 Å². The Kier molecular flexibility index (Phi) is 4.18. The lowest BCUT2D eigenvalue weighted by Crippen LogP contribution is -2.32. The first-order chi connectivity index (χ1) is 7.14. The number of carbonyl (C=O) groups is 1. The van der Waals surface area contributed by atoms with Gasteiger partial charge in [0.1, 0.15) is 0 Å². The summed E-state index contributed by atoms with van der Waals surface area (Å²) in [5.74, 6) is 0.139. The zero-order valence-electron chi connectivity index (χ0n) is 9.34. The molecule has 0 saturated carbocycles. The number of hydrogen-bond donors (Lipinski definition) is 1. The van der Waals surface area contributed by atoms with Crippen LogP contribution in [0, 0.1) is 0 Å². The molecule has 88 valence electrons. The lowest BCUT2D eigenvalue weighted by atomic mass is 9.77. The molecule has 0 saturated heterocycles. The minimum atomic E-state index is -0.320. The van der Waals surface area contributed by atoms with E-state index < -0.39 is 0 Å². The summed E-state index contributed by atoms with van der Waals surface area (Å²) in [5, 5.41) is 2.96. The van der Waals surface area contributed by atoms with Crippen molar-refractivity contribution in [3.05, 3.63) is 28.2 Å². The molecule has 0 spiro atoms. The van der Waals surface area contributed by atoms with Crippen LogP contribution in [0.2, 0.25) is 0 Å². The van der Waals surface area contributed by atoms with E-state index in [9.17, 15) is 4.79 Å². The van der Waals surface area contributed by atoms with Crippen molar-refractivity contribution in [1.82, 2.24) is 0 Å². The summed E-state index contributed by atoms with van der Waals surface area (Å²) < 4.78 is 1.03. The number of halogens is 2. The topological polar surface area (TPSA) is 29.1 Å². The molecule has 16 heavy (non-hydrogen) atoms. The zero-order chi connectivity index (χ0) is 11.1. The predicted octanol–water partition coefficient (Wildman–Crippen LogP) is 4.04. The molecule has 1 aromatic carbocycles. The van der Waals surface area contributed by atoms with Crippen molar-refractivity contribution in [2.24, 2.45) is 0 Å². The molecule has 1 aliphatic heterocycles. The van der Waals surface area contributed by atoms with Crippen molar-refractivity contribution in [2.75, 3.05) is 5.32 Å². The Morgan fingerprint density at radius 2 is 1.94 bits per heavy atom. The number of fused-ring (bicyclic) bond motifs is 1. The smallest absolute Gasteiger partial charge is 0.235 e. The van der Waals surface area contributed by atoms with Crippen LogP contribution in [0.4, 0.5) is 5.69 Å². The fourth-order valence-electron chi connectivity index (χ4n) is 2.34. The van der Waals surface area contributed by atoms with Crippen LogP contribution >= 0.6 is 32.9 Å². The van der Waals surface area contributed by atoms with Crippen molar-refractivity contribution >= 4 is 44.5 Å². The van der Waals surface area contributed by atoms with Gasteiger partial charge in [-0.1, -0.05) is 29.8 Å². The monoisotopic (exact) mass is 347 g/mol. The Bertz CT molecular complexity index is 413. The average molecular weight is 349 g/mol. The lowest BCUT2D eigenvalue weighted by molar-refractivity contribution is -0.121. The lowest BCUT2D eigenvalue weighted by Gasteiger charge is -2.23. The van der Waals surface area contributed by atoms with E-state index in [1.165, 1.54) is 0 Å². The number of carbonyl (C=O) groups excluding carboxylic acids is 1. The van der Waals surface area contributed by atoms with Gasteiger partial charge in [-0.3, -0.25) is 4.79 Å². The van der Waals surface area contributed by atoms with Crippen molar-refractivity contribution in [3.8, 4) is 0 Å². The number of nitrogens with one attached hydrogen (secondary N) is 1. The van der Waals surface area contributed by atoms with Crippen molar-refractivity contribution in [2.45, 2.75) is 32.1 Å². The Balaban J connectivity index is 0.00000128. The Labute approximate surface area is 115 Å². The van der Waals surface area contributed by atoms with E-state index in [1.807, 2.05) is 12.1 Å². The van der Waals surface area contributed by atoms with E-state index in [4.69, 9.17) is 0 Å². The van der Waals surface area contributed by atoms with Gasteiger partial charge in [0, 0.05) is 10.2 Å². The molecule has 0 atom stereocenters. The van der Waals surface area contributed by atoms with Gasteiger partial charge in [-0.15, -0.1) is 17.0 Å². The molecule has 0 aliphatic carbocycles. The third-order valence-corrected chi connectivity index (χ3v) is 3.88. The molecule has 0 unspecified atom stereocenters. The van der Waals surface area contributed by atoms with Crippen molar-refractivity contribution < 1.29 is 4.79 Å². The second-order valence-corrected chi connectivity index (χ2v) is 4.85. The van der Waals surface area contributed by atoms with Gasteiger partial charge >= 0.3 is 0 Å². The van der Waals surface area contributed by atoms with E-state index in [1.54, 1.807) is 0 Å². The SMILES string of the molecule is Br.CCC1(CC)C(=O)Nc2ccc(Br)cc21. The normalized spacial score (nSPS) is 16.3. The fraction of sp³-hybridized carbons (Fsp3) is 0.417. The molecular formula is C12H15Br2NO. The zero-order valence-corrected chi connectivity index (χ0v) is 12.6. The molecular weight excluding hydrogens is 334 g/mol.